The Hall–Kier alpha value is -1.52. The van der Waals surface area contributed by atoms with Crippen molar-refractivity contribution in [3.63, 3.8) is 0 Å². The maximum atomic E-state index is 9.21. The summed E-state index contributed by atoms with van der Waals surface area (Å²) in [5, 5.41) is 18.2. The van der Waals surface area contributed by atoms with E-state index in [1.54, 1.807) is 6.20 Å². The zero-order valence-electron chi connectivity index (χ0n) is 8.30. The average Bonchev–Trinajstić information content (AvgIpc) is 2.31. The molecular weight excluding hydrogens is 190 g/mol. The molecule has 0 fully saturated rings. The van der Waals surface area contributed by atoms with Crippen molar-refractivity contribution < 1.29 is 5.11 Å². The molecule has 4 nitrogen and oxygen atoms in total. The maximum Gasteiger partial charge on any atom is 0.0932 e. The van der Waals surface area contributed by atoms with Gasteiger partial charge in [-0.2, -0.15) is 10.2 Å². The van der Waals surface area contributed by atoms with E-state index in [4.69, 9.17) is 5.73 Å². The standard InChI is InChI=1S/C11H13N3O/c12-5-8(7-15)10-6-13-14-11-4-2-1-3-9(10)11/h1-4,6,8,15H,5,7,12H2. The number of nitrogens with two attached hydrogens (primary N) is 1. The Kier molecular flexibility index (Phi) is 2.89. The zero-order valence-corrected chi connectivity index (χ0v) is 8.30. The third kappa shape index (κ3) is 1.82. The monoisotopic (exact) mass is 203 g/mol. The molecule has 0 aliphatic carbocycles. The fourth-order valence-corrected chi connectivity index (χ4v) is 1.65. The first kappa shape index (κ1) is 10.0. The molecule has 0 aliphatic heterocycles. The van der Waals surface area contributed by atoms with E-state index >= 15 is 0 Å². The number of benzene rings is 1. The summed E-state index contributed by atoms with van der Waals surface area (Å²) in [7, 11) is 0. The molecule has 2 aromatic rings. The van der Waals surface area contributed by atoms with Gasteiger partial charge in [-0.05, 0) is 11.6 Å². The molecular formula is C11H13N3O. The van der Waals surface area contributed by atoms with Crippen molar-refractivity contribution in [2.75, 3.05) is 13.2 Å². The average molecular weight is 203 g/mol. The van der Waals surface area contributed by atoms with Crippen LogP contribution in [0.25, 0.3) is 10.9 Å². The van der Waals surface area contributed by atoms with Crippen molar-refractivity contribution in [3.8, 4) is 0 Å². The van der Waals surface area contributed by atoms with Crippen LogP contribution in [0.3, 0.4) is 0 Å². The fourth-order valence-electron chi connectivity index (χ4n) is 1.65. The minimum absolute atomic E-state index is 0.0339. The Morgan fingerprint density at radius 2 is 2.13 bits per heavy atom. The summed E-state index contributed by atoms with van der Waals surface area (Å²) in [6.45, 7) is 0.443. The Balaban J connectivity index is 2.59. The van der Waals surface area contributed by atoms with Crippen LogP contribution < -0.4 is 5.73 Å². The Morgan fingerprint density at radius 3 is 2.87 bits per heavy atom. The number of hydrogen-bond acceptors (Lipinski definition) is 4. The molecule has 0 radical (unpaired) electrons. The second kappa shape index (κ2) is 4.33. The molecule has 4 heteroatoms. The van der Waals surface area contributed by atoms with E-state index in [1.807, 2.05) is 24.3 Å². The highest BCUT2D eigenvalue weighted by Crippen LogP contribution is 2.22. The lowest BCUT2D eigenvalue weighted by Gasteiger charge is -2.13. The molecule has 2 rings (SSSR count). The number of hydrogen-bond donors (Lipinski definition) is 2. The molecule has 78 valence electrons. The van der Waals surface area contributed by atoms with Gasteiger partial charge in [0.25, 0.3) is 0 Å². The van der Waals surface area contributed by atoms with Gasteiger partial charge in [0.2, 0.25) is 0 Å². The van der Waals surface area contributed by atoms with Crippen LogP contribution in [-0.2, 0) is 0 Å². The molecule has 1 unspecified atom stereocenters. The summed E-state index contributed by atoms with van der Waals surface area (Å²) in [4.78, 5) is 0. The van der Waals surface area contributed by atoms with Crippen LogP contribution in [0.1, 0.15) is 11.5 Å². The second-order valence-electron chi connectivity index (χ2n) is 3.43. The normalized spacial score (nSPS) is 12.9. The summed E-state index contributed by atoms with van der Waals surface area (Å²) >= 11 is 0. The maximum absolute atomic E-state index is 9.21. The molecule has 0 saturated heterocycles. The quantitative estimate of drug-likeness (QED) is 0.768. The Morgan fingerprint density at radius 1 is 1.33 bits per heavy atom. The van der Waals surface area contributed by atoms with Crippen molar-refractivity contribution in [2.24, 2.45) is 5.73 Å². The first-order valence-electron chi connectivity index (χ1n) is 4.88. The molecule has 0 spiro atoms. The van der Waals surface area contributed by atoms with Crippen molar-refractivity contribution >= 4 is 10.9 Å². The van der Waals surface area contributed by atoms with Gasteiger partial charge < -0.3 is 10.8 Å². The van der Waals surface area contributed by atoms with Gasteiger partial charge in [0, 0.05) is 17.8 Å². The molecule has 1 aromatic heterocycles. The summed E-state index contributed by atoms with van der Waals surface area (Å²) in [5.41, 5.74) is 7.40. The zero-order chi connectivity index (χ0) is 10.7. The first-order valence-corrected chi connectivity index (χ1v) is 4.88. The predicted octanol–water partition coefficient (Wildman–Crippen LogP) is 0.664. The van der Waals surface area contributed by atoms with Gasteiger partial charge in [0.05, 0.1) is 18.3 Å². The number of aromatic nitrogens is 2. The van der Waals surface area contributed by atoms with Gasteiger partial charge in [-0.25, -0.2) is 0 Å². The highest BCUT2D eigenvalue weighted by molar-refractivity contribution is 5.81. The minimum Gasteiger partial charge on any atom is -0.396 e. The van der Waals surface area contributed by atoms with Crippen LogP contribution in [0.5, 0.6) is 0 Å². The lowest BCUT2D eigenvalue weighted by atomic mass is 9.98. The molecule has 0 amide bonds. The number of nitrogens with zero attached hydrogens (tertiary/aromatic N) is 2. The summed E-state index contributed by atoms with van der Waals surface area (Å²) in [6.07, 6.45) is 1.68. The smallest absolute Gasteiger partial charge is 0.0932 e. The number of rotatable bonds is 3. The van der Waals surface area contributed by atoms with E-state index in [9.17, 15) is 5.11 Å². The SMILES string of the molecule is NCC(CO)c1cnnc2ccccc12. The number of aliphatic hydroxyl groups excluding tert-OH is 1. The summed E-state index contributed by atoms with van der Waals surface area (Å²) in [5.74, 6) is -0.0644. The topological polar surface area (TPSA) is 72.0 Å². The molecule has 0 aliphatic rings. The van der Waals surface area contributed by atoms with Crippen LogP contribution >= 0.6 is 0 Å². The Bertz CT molecular complexity index is 449. The molecule has 1 heterocycles. The van der Waals surface area contributed by atoms with Crippen molar-refractivity contribution in [2.45, 2.75) is 5.92 Å². The van der Waals surface area contributed by atoms with Crippen LogP contribution in [0.4, 0.5) is 0 Å². The third-order valence-corrected chi connectivity index (χ3v) is 2.52. The van der Waals surface area contributed by atoms with Gasteiger partial charge in [0.15, 0.2) is 0 Å². The highest BCUT2D eigenvalue weighted by atomic mass is 16.3. The second-order valence-corrected chi connectivity index (χ2v) is 3.43. The largest absolute Gasteiger partial charge is 0.396 e. The van der Waals surface area contributed by atoms with Crippen LogP contribution in [0, 0.1) is 0 Å². The minimum atomic E-state index is -0.0644. The molecule has 0 bridgehead atoms. The predicted molar refractivity (Wildman–Crippen MR) is 58.4 cm³/mol. The fraction of sp³-hybridized carbons (Fsp3) is 0.273. The third-order valence-electron chi connectivity index (χ3n) is 2.52. The van der Waals surface area contributed by atoms with Gasteiger partial charge in [-0.3, -0.25) is 0 Å². The van der Waals surface area contributed by atoms with Crippen molar-refractivity contribution in [1.29, 1.82) is 0 Å². The van der Waals surface area contributed by atoms with Crippen molar-refractivity contribution in [1.82, 2.24) is 10.2 Å². The van der Waals surface area contributed by atoms with Gasteiger partial charge in [0.1, 0.15) is 0 Å². The van der Waals surface area contributed by atoms with Crippen molar-refractivity contribution in [3.05, 3.63) is 36.0 Å². The van der Waals surface area contributed by atoms with Gasteiger partial charge in [-0.1, -0.05) is 18.2 Å². The van der Waals surface area contributed by atoms with Gasteiger partial charge >= 0.3 is 0 Å². The first-order chi connectivity index (χ1) is 7.36. The lowest BCUT2D eigenvalue weighted by Crippen LogP contribution is -2.16. The number of aliphatic hydroxyl groups is 1. The van der Waals surface area contributed by atoms with Crippen LogP contribution in [0.15, 0.2) is 30.5 Å². The van der Waals surface area contributed by atoms with E-state index in [0.29, 0.717) is 6.54 Å². The van der Waals surface area contributed by atoms with Crippen LogP contribution in [0.2, 0.25) is 0 Å². The molecule has 15 heavy (non-hydrogen) atoms. The van der Waals surface area contributed by atoms with E-state index in [2.05, 4.69) is 10.2 Å². The van der Waals surface area contributed by atoms with E-state index in [-0.39, 0.29) is 12.5 Å². The van der Waals surface area contributed by atoms with Gasteiger partial charge in [-0.15, -0.1) is 0 Å². The summed E-state index contributed by atoms with van der Waals surface area (Å²) < 4.78 is 0. The molecule has 1 atom stereocenters. The number of fused-ring (bicyclic) bond motifs is 1. The van der Waals surface area contributed by atoms with Crippen LogP contribution in [-0.4, -0.2) is 28.5 Å². The molecule has 0 saturated carbocycles. The highest BCUT2D eigenvalue weighted by Gasteiger charge is 2.12. The van der Waals surface area contributed by atoms with E-state index in [0.717, 1.165) is 16.5 Å². The Labute approximate surface area is 87.7 Å². The lowest BCUT2D eigenvalue weighted by molar-refractivity contribution is 0.268. The molecule has 1 aromatic carbocycles. The van der Waals surface area contributed by atoms with E-state index < -0.39 is 0 Å². The molecule has 3 N–H and O–H groups in total. The van der Waals surface area contributed by atoms with E-state index in [1.165, 1.54) is 0 Å². The summed E-state index contributed by atoms with van der Waals surface area (Å²) in [6, 6.07) is 7.73.